The van der Waals surface area contributed by atoms with E-state index in [0.717, 1.165) is 6.08 Å². The first-order valence-electron chi connectivity index (χ1n) is 15.0. The second-order valence-electron chi connectivity index (χ2n) is 11.6. The van der Waals surface area contributed by atoms with Gasteiger partial charge < -0.3 is 74.0 Å². The highest BCUT2D eigenvalue weighted by Crippen LogP contribution is 2.43. The Morgan fingerprint density at radius 3 is 2.36 bits per heavy atom. The molecule has 0 aromatic heterocycles. The van der Waals surface area contributed by atoms with Gasteiger partial charge in [0.25, 0.3) is 0 Å². The van der Waals surface area contributed by atoms with Crippen LogP contribution >= 0.6 is 0 Å². The lowest BCUT2D eigenvalue weighted by Crippen LogP contribution is -2.60. The molecule has 47 heavy (non-hydrogen) atoms. The third-order valence-electron chi connectivity index (χ3n) is 8.65. The number of fused-ring (bicyclic) bond motifs is 1. The van der Waals surface area contributed by atoms with Crippen molar-refractivity contribution in [1.29, 1.82) is 0 Å². The number of esters is 1. The number of carbonyl (C=O) groups excluding carboxylic acids is 1. The normalized spacial score (nSPS) is 40.1. The van der Waals surface area contributed by atoms with Crippen molar-refractivity contribution >= 4 is 12.0 Å². The van der Waals surface area contributed by atoms with Crippen molar-refractivity contribution in [3.8, 4) is 11.5 Å². The number of hydrogen-bond donors (Lipinski definition) is 8. The van der Waals surface area contributed by atoms with Crippen molar-refractivity contribution in [2.24, 2.45) is 11.8 Å². The van der Waals surface area contributed by atoms with E-state index >= 15 is 0 Å². The van der Waals surface area contributed by atoms with Gasteiger partial charge in [0, 0.05) is 12.0 Å². The van der Waals surface area contributed by atoms with Crippen LogP contribution in [0.25, 0.3) is 6.08 Å². The zero-order valence-corrected chi connectivity index (χ0v) is 25.5. The predicted molar refractivity (Wildman–Crippen MR) is 156 cm³/mol. The number of phenolic OH excluding ortho intramolecular Hbond substituents is 1. The Morgan fingerprint density at radius 2 is 1.68 bits per heavy atom. The molecule has 260 valence electrons. The second-order valence-corrected chi connectivity index (χ2v) is 11.6. The summed E-state index contributed by atoms with van der Waals surface area (Å²) in [6.45, 7) is 0.403. The average molecular weight is 669 g/mol. The summed E-state index contributed by atoms with van der Waals surface area (Å²) in [6.07, 6.45) is -9.55. The number of aliphatic hydroxyl groups is 7. The maximum absolute atomic E-state index is 12.7. The van der Waals surface area contributed by atoms with Crippen molar-refractivity contribution < 1.29 is 78.8 Å². The largest absolute Gasteiger partial charge is 0.504 e. The number of benzene rings is 1. The molecule has 14 unspecified atom stereocenters. The number of ether oxygens (including phenoxy) is 7. The van der Waals surface area contributed by atoms with E-state index < -0.39 is 105 Å². The molecular formula is C31H40O16. The minimum atomic E-state index is -1.69. The summed E-state index contributed by atoms with van der Waals surface area (Å²) in [5, 5.41) is 82.1. The third-order valence-corrected chi connectivity index (χ3v) is 8.65. The van der Waals surface area contributed by atoms with Gasteiger partial charge in [-0.2, -0.15) is 0 Å². The van der Waals surface area contributed by atoms with Crippen molar-refractivity contribution in [3.05, 3.63) is 53.8 Å². The van der Waals surface area contributed by atoms with Gasteiger partial charge >= 0.3 is 5.97 Å². The summed E-state index contributed by atoms with van der Waals surface area (Å²) in [7, 11) is 1.40. The van der Waals surface area contributed by atoms with Gasteiger partial charge in [0.1, 0.15) is 36.6 Å². The molecule has 0 amide bonds. The molecule has 1 aliphatic carbocycles. The summed E-state index contributed by atoms with van der Waals surface area (Å²) in [5.74, 6) is -2.04. The molecule has 1 aromatic carbocycles. The van der Waals surface area contributed by atoms with Gasteiger partial charge in [0.2, 0.25) is 6.29 Å². The van der Waals surface area contributed by atoms with Crippen molar-refractivity contribution in [2.45, 2.75) is 80.7 Å². The lowest BCUT2D eigenvalue weighted by atomic mass is 9.88. The van der Waals surface area contributed by atoms with Crippen LogP contribution in [0.5, 0.6) is 11.5 Å². The van der Waals surface area contributed by atoms with E-state index in [9.17, 15) is 45.6 Å². The zero-order valence-electron chi connectivity index (χ0n) is 25.5. The molecule has 0 radical (unpaired) electrons. The van der Waals surface area contributed by atoms with Crippen LogP contribution in [0, 0.1) is 11.8 Å². The molecule has 2 saturated heterocycles. The minimum Gasteiger partial charge on any atom is -0.504 e. The van der Waals surface area contributed by atoms with Gasteiger partial charge in [0.15, 0.2) is 30.2 Å². The Labute approximate surface area is 269 Å². The van der Waals surface area contributed by atoms with E-state index in [4.69, 9.17) is 33.2 Å². The van der Waals surface area contributed by atoms with Gasteiger partial charge in [-0.05, 0) is 42.3 Å². The molecule has 1 aromatic rings. The van der Waals surface area contributed by atoms with E-state index in [1.54, 1.807) is 18.2 Å². The summed E-state index contributed by atoms with van der Waals surface area (Å²) in [5.41, 5.74) is 0.874. The van der Waals surface area contributed by atoms with Crippen molar-refractivity contribution in [1.82, 2.24) is 0 Å². The Morgan fingerprint density at radius 1 is 0.936 bits per heavy atom. The van der Waals surface area contributed by atoms with Crippen LogP contribution < -0.4 is 4.74 Å². The summed E-state index contributed by atoms with van der Waals surface area (Å²) in [6, 6.07) is 4.48. The third kappa shape index (κ3) is 7.33. The van der Waals surface area contributed by atoms with Gasteiger partial charge in [-0.3, -0.25) is 0 Å². The van der Waals surface area contributed by atoms with Crippen LogP contribution in [0.2, 0.25) is 0 Å². The Kier molecular flexibility index (Phi) is 11.2. The van der Waals surface area contributed by atoms with Crippen LogP contribution in [0.4, 0.5) is 0 Å². The average Bonchev–Trinajstić information content (AvgIpc) is 3.43. The highest BCUT2D eigenvalue weighted by Gasteiger charge is 2.52. The molecule has 4 aliphatic rings. The van der Waals surface area contributed by atoms with Crippen LogP contribution in [0.15, 0.2) is 48.3 Å². The van der Waals surface area contributed by atoms with Crippen LogP contribution in [-0.4, -0.2) is 141 Å². The Bertz CT molecular complexity index is 1330. The van der Waals surface area contributed by atoms with E-state index in [1.165, 1.54) is 38.5 Å². The standard InChI is InChI=1S/C31H40O16/c1-13-23(36)28(46-21(35)6-4-14-3-5-18(41-2)17(34)9-14)27(40)31(43-13)44-19-10-15(11-32)22-16(19)7-8-42-29(22)47-30-26(39)25(38)24(37)20(12-33)45-30/h3-10,13,16,19-20,22-34,36-40H,11-12H2,1-2H3. The topological polar surface area (TPSA) is 244 Å². The Balaban J connectivity index is 1.25. The minimum absolute atomic E-state index is 0.134. The summed E-state index contributed by atoms with van der Waals surface area (Å²) < 4.78 is 39.1. The Hall–Kier alpha value is -3.13. The highest BCUT2D eigenvalue weighted by molar-refractivity contribution is 5.87. The monoisotopic (exact) mass is 668 g/mol. The molecule has 2 fully saturated rings. The quantitative estimate of drug-likeness (QED) is 0.0766. The fourth-order valence-corrected chi connectivity index (χ4v) is 6.04. The fraction of sp³-hybridized carbons (Fsp3) is 0.581. The molecule has 3 heterocycles. The molecule has 8 N–H and O–H groups in total. The maximum atomic E-state index is 12.7. The fourth-order valence-electron chi connectivity index (χ4n) is 6.04. The van der Waals surface area contributed by atoms with E-state index in [-0.39, 0.29) is 11.5 Å². The molecular weight excluding hydrogens is 628 g/mol. The number of methoxy groups -OCH3 is 1. The first-order chi connectivity index (χ1) is 22.5. The first kappa shape index (κ1) is 35.2. The first-order valence-corrected chi connectivity index (χ1v) is 15.0. The zero-order chi connectivity index (χ0) is 34.0. The van der Waals surface area contributed by atoms with Crippen LogP contribution in [0.1, 0.15) is 12.5 Å². The number of phenols is 1. The lowest BCUT2D eigenvalue weighted by molar-refractivity contribution is -0.341. The van der Waals surface area contributed by atoms with Crippen LogP contribution in [-0.2, 0) is 33.2 Å². The molecule has 3 aliphatic heterocycles. The molecule has 14 atom stereocenters. The number of carbonyl (C=O) groups is 1. The summed E-state index contributed by atoms with van der Waals surface area (Å²) >= 11 is 0. The van der Waals surface area contributed by atoms with Crippen molar-refractivity contribution in [3.63, 3.8) is 0 Å². The molecule has 0 spiro atoms. The van der Waals surface area contributed by atoms with E-state index in [1.807, 2.05) is 0 Å². The smallest absolute Gasteiger partial charge is 0.331 e. The van der Waals surface area contributed by atoms with Gasteiger partial charge in [0.05, 0.1) is 44.7 Å². The second kappa shape index (κ2) is 15.0. The summed E-state index contributed by atoms with van der Waals surface area (Å²) in [4.78, 5) is 12.7. The van der Waals surface area contributed by atoms with Gasteiger partial charge in [-0.25, -0.2) is 4.79 Å². The lowest BCUT2D eigenvalue weighted by Gasteiger charge is -2.43. The molecule has 0 bridgehead atoms. The van der Waals surface area contributed by atoms with E-state index in [0.29, 0.717) is 11.1 Å². The number of aliphatic hydroxyl groups excluding tert-OH is 7. The maximum Gasteiger partial charge on any atom is 0.331 e. The number of rotatable bonds is 10. The SMILES string of the molecule is COc1ccc(C=CC(=O)OC2C(O)C(C)OC(OC3C=C(CO)C4C(OC5OC(CO)C(O)C(O)C5O)OC=CC34)C2O)cc1O. The molecule has 16 nitrogen and oxygen atoms in total. The molecule has 0 saturated carbocycles. The van der Waals surface area contributed by atoms with Crippen molar-refractivity contribution in [2.75, 3.05) is 20.3 Å². The van der Waals surface area contributed by atoms with Gasteiger partial charge in [-0.15, -0.1) is 0 Å². The molecule has 5 rings (SSSR count). The van der Waals surface area contributed by atoms with Gasteiger partial charge in [-0.1, -0.05) is 12.1 Å². The number of aromatic hydroxyl groups is 1. The van der Waals surface area contributed by atoms with Crippen LogP contribution in [0.3, 0.4) is 0 Å². The highest BCUT2D eigenvalue weighted by atomic mass is 16.8. The number of hydrogen-bond acceptors (Lipinski definition) is 16. The predicted octanol–water partition coefficient (Wildman–Crippen LogP) is -1.97. The van der Waals surface area contributed by atoms with E-state index in [2.05, 4.69) is 0 Å². The molecule has 16 heteroatoms.